The van der Waals surface area contributed by atoms with Crippen LogP contribution in [0.3, 0.4) is 0 Å². The molecule has 1 heterocycles. The molecule has 0 amide bonds. The van der Waals surface area contributed by atoms with Crippen molar-refractivity contribution >= 4 is 11.6 Å². The average molecular weight is 284 g/mol. The summed E-state index contributed by atoms with van der Waals surface area (Å²) in [7, 11) is 0. The van der Waals surface area contributed by atoms with Crippen molar-refractivity contribution in [1.29, 1.82) is 0 Å². The first-order valence-corrected chi connectivity index (χ1v) is 7.32. The molecule has 1 aromatic rings. The largest absolute Gasteiger partial charge is 0.485 e. The molecular formula is C15H22ClNO2. The standard InChI is InChI=1S/C15H22ClNO2/c1-3-7-17-13-6-8-18-10-15(13)19-14-5-4-11(2)9-12(14)16/h4-5,9,13,15,17H,3,6-8,10H2,1-2H3. The molecule has 0 radical (unpaired) electrons. The van der Waals surface area contributed by atoms with Gasteiger partial charge in [-0.05, 0) is 44.0 Å². The van der Waals surface area contributed by atoms with Gasteiger partial charge < -0.3 is 14.8 Å². The first kappa shape index (κ1) is 14.6. The van der Waals surface area contributed by atoms with Crippen molar-refractivity contribution in [3.8, 4) is 5.75 Å². The molecule has 1 saturated heterocycles. The highest BCUT2D eigenvalue weighted by Gasteiger charge is 2.27. The second kappa shape index (κ2) is 7.13. The number of nitrogens with one attached hydrogen (secondary N) is 1. The molecule has 2 rings (SSSR count). The van der Waals surface area contributed by atoms with Gasteiger partial charge in [0.25, 0.3) is 0 Å². The van der Waals surface area contributed by atoms with Crippen LogP contribution in [0, 0.1) is 6.92 Å². The van der Waals surface area contributed by atoms with Crippen LogP contribution in [0.1, 0.15) is 25.3 Å². The second-order valence-corrected chi connectivity index (χ2v) is 5.42. The Morgan fingerprint density at radius 3 is 3.05 bits per heavy atom. The lowest BCUT2D eigenvalue weighted by molar-refractivity contribution is -0.0146. The van der Waals surface area contributed by atoms with Crippen LogP contribution >= 0.6 is 11.6 Å². The third kappa shape index (κ3) is 4.10. The number of halogens is 1. The van der Waals surface area contributed by atoms with Gasteiger partial charge in [0.1, 0.15) is 11.9 Å². The van der Waals surface area contributed by atoms with Crippen LogP contribution in [0.25, 0.3) is 0 Å². The topological polar surface area (TPSA) is 30.5 Å². The highest BCUT2D eigenvalue weighted by molar-refractivity contribution is 6.32. The molecule has 0 spiro atoms. The van der Waals surface area contributed by atoms with Crippen LogP contribution in [0.4, 0.5) is 0 Å². The van der Waals surface area contributed by atoms with Crippen LogP contribution in [-0.2, 0) is 4.74 Å². The van der Waals surface area contributed by atoms with E-state index in [1.54, 1.807) is 0 Å². The van der Waals surface area contributed by atoms with E-state index in [9.17, 15) is 0 Å². The summed E-state index contributed by atoms with van der Waals surface area (Å²) in [5, 5.41) is 4.19. The first-order valence-electron chi connectivity index (χ1n) is 6.94. The lowest BCUT2D eigenvalue weighted by Crippen LogP contribution is -2.49. The molecule has 106 valence electrons. The average Bonchev–Trinajstić information content (AvgIpc) is 2.41. The van der Waals surface area contributed by atoms with Crippen LogP contribution < -0.4 is 10.1 Å². The minimum Gasteiger partial charge on any atom is -0.485 e. The van der Waals surface area contributed by atoms with E-state index in [-0.39, 0.29) is 6.10 Å². The molecule has 3 nitrogen and oxygen atoms in total. The van der Waals surface area contributed by atoms with Crippen molar-refractivity contribution in [3.05, 3.63) is 28.8 Å². The maximum atomic E-state index is 6.21. The van der Waals surface area contributed by atoms with Gasteiger partial charge in [0, 0.05) is 12.6 Å². The van der Waals surface area contributed by atoms with Gasteiger partial charge >= 0.3 is 0 Å². The van der Waals surface area contributed by atoms with Gasteiger partial charge in [-0.15, -0.1) is 0 Å². The summed E-state index contributed by atoms with van der Waals surface area (Å²) in [5.74, 6) is 0.742. The Labute approximate surface area is 120 Å². The van der Waals surface area contributed by atoms with Crippen molar-refractivity contribution in [2.45, 2.75) is 38.8 Å². The molecule has 0 aliphatic carbocycles. The number of benzene rings is 1. The Hall–Kier alpha value is -0.770. The first-order chi connectivity index (χ1) is 9.20. The van der Waals surface area contributed by atoms with Gasteiger partial charge in [0.2, 0.25) is 0 Å². The lowest BCUT2D eigenvalue weighted by atomic mass is 10.1. The highest BCUT2D eigenvalue weighted by atomic mass is 35.5. The zero-order valence-corrected chi connectivity index (χ0v) is 12.4. The van der Waals surface area contributed by atoms with Crippen molar-refractivity contribution in [3.63, 3.8) is 0 Å². The van der Waals surface area contributed by atoms with Crippen LogP contribution in [0.2, 0.25) is 5.02 Å². The third-order valence-corrected chi connectivity index (χ3v) is 3.62. The molecular weight excluding hydrogens is 262 g/mol. The molecule has 0 aromatic heterocycles. The molecule has 1 aliphatic rings. The molecule has 0 saturated carbocycles. The summed E-state index contributed by atoms with van der Waals surface area (Å²) in [6, 6.07) is 6.21. The van der Waals surface area contributed by atoms with Crippen LogP contribution in [0.5, 0.6) is 5.75 Å². The minimum atomic E-state index is 0.0282. The fraction of sp³-hybridized carbons (Fsp3) is 0.600. The van der Waals surface area contributed by atoms with Gasteiger partial charge in [-0.2, -0.15) is 0 Å². The summed E-state index contributed by atoms with van der Waals surface area (Å²) in [4.78, 5) is 0. The van der Waals surface area contributed by atoms with E-state index in [2.05, 4.69) is 12.2 Å². The minimum absolute atomic E-state index is 0.0282. The zero-order chi connectivity index (χ0) is 13.7. The predicted molar refractivity (Wildman–Crippen MR) is 78.1 cm³/mol. The number of hydrogen-bond acceptors (Lipinski definition) is 3. The number of aryl methyl sites for hydroxylation is 1. The van der Waals surface area contributed by atoms with E-state index in [4.69, 9.17) is 21.1 Å². The molecule has 4 heteroatoms. The summed E-state index contributed by atoms with van der Waals surface area (Å²) in [6.45, 7) is 6.60. The van der Waals surface area contributed by atoms with Crippen molar-refractivity contribution < 1.29 is 9.47 Å². The van der Waals surface area contributed by atoms with Crippen molar-refractivity contribution in [2.75, 3.05) is 19.8 Å². The number of rotatable bonds is 5. The van der Waals surface area contributed by atoms with E-state index >= 15 is 0 Å². The Kier molecular flexibility index (Phi) is 5.49. The summed E-state index contributed by atoms with van der Waals surface area (Å²) in [6.07, 6.45) is 2.13. The van der Waals surface area contributed by atoms with Gasteiger partial charge in [-0.25, -0.2) is 0 Å². The van der Waals surface area contributed by atoms with E-state index in [1.807, 2.05) is 25.1 Å². The molecule has 2 unspecified atom stereocenters. The molecule has 0 bridgehead atoms. The molecule has 1 aromatic carbocycles. The molecule has 19 heavy (non-hydrogen) atoms. The summed E-state index contributed by atoms with van der Waals surface area (Å²) >= 11 is 6.21. The van der Waals surface area contributed by atoms with Crippen LogP contribution in [0.15, 0.2) is 18.2 Å². The van der Waals surface area contributed by atoms with Gasteiger partial charge in [0.05, 0.1) is 11.6 Å². The number of ether oxygens (including phenoxy) is 2. The number of hydrogen-bond donors (Lipinski definition) is 1. The summed E-state index contributed by atoms with van der Waals surface area (Å²) in [5.41, 5.74) is 1.14. The Bertz CT molecular complexity index is 411. The summed E-state index contributed by atoms with van der Waals surface area (Å²) < 4.78 is 11.6. The Morgan fingerprint density at radius 2 is 2.32 bits per heavy atom. The van der Waals surface area contributed by atoms with E-state index in [0.717, 1.165) is 37.3 Å². The predicted octanol–water partition coefficient (Wildman–Crippen LogP) is 3.18. The Balaban J connectivity index is 2.02. The Morgan fingerprint density at radius 1 is 1.47 bits per heavy atom. The third-order valence-electron chi connectivity index (χ3n) is 3.33. The smallest absolute Gasteiger partial charge is 0.138 e. The maximum Gasteiger partial charge on any atom is 0.138 e. The fourth-order valence-electron chi connectivity index (χ4n) is 2.26. The van der Waals surface area contributed by atoms with E-state index in [0.29, 0.717) is 17.7 Å². The maximum absolute atomic E-state index is 6.21. The van der Waals surface area contributed by atoms with E-state index in [1.165, 1.54) is 0 Å². The molecule has 2 atom stereocenters. The lowest BCUT2D eigenvalue weighted by Gasteiger charge is -2.32. The van der Waals surface area contributed by atoms with Gasteiger partial charge in [-0.1, -0.05) is 24.6 Å². The molecule has 1 N–H and O–H groups in total. The van der Waals surface area contributed by atoms with Crippen molar-refractivity contribution in [2.24, 2.45) is 0 Å². The highest BCUT2D eigenvalue weighted by Crippen LogP contribution is 2.27. The second-order valence-electron chi connectivity index (χ2n) is 5.01. The van der Waals surface area contributed by atoms with E-state index < -0.39 is 0 Å². The van der Waals surface area contributed by atoms with Gasteiger partial charge in [0.15, 0.2) is 0 Å². The SMILES string of the molecule is CCCNC1CCOCC1Oc1ccc(C)cc1Cl. The normalized spacial score (nSPS) is 23.3. The van der Waals surface area contributed by atoms with Gasteiger partial charge in [-0.3, -0.25) is 0 Å². The molecule has 1 fully saturated rings. The molecule has 1 aliphatic heterocycles. The monoisotopic (exact) mass is 283 g/mol. The zero-order valence-electron chi connectivity index (χ0n) is 11.6. The quantitative estimate of drug-likeness (QED) is 0.900. The van der Waals surface area contributed by atoms with Crippen molar-refractivity contribution in [1.82, 2.24) is 5.32 Å². The fourth-order valence-corrected chi connectivity index (χ4v) is 2.54. The van der Waals surface area contributed by atoms with Crippen LogP contribution in [-0.4, -0.2) is 31.9 Å².